The van der Waals surface area contributed by atoms with Crippen LogP contribution >= 0.6 is 11.3 Å². The highest BCUT2D eigenvalue weighted by Gasteiger charge is 2.27. The summed E-state index contributed by atoms with van der Waals surface area (Å²) >= 11 is 1.85. The SMILES string of the molecule is Cn1cc(-c2ccnc(N3CCCC3)n2)c([C@H]2CCCN(Cc3cccs3)C2)n1. The summed E-state index contributed by atoms with van der Waals surface area (Å²) in [4.78, 5) is 15.8. The summed E-state index contributed by atoms with van der Waals surface area (Å²) in [5.41, 5.74) is 3.35. The van der Waals surface area contributed by atoms with Crippen LogP contribution < -0.4 is 4.90 Å². The lowest BCUT2D eigenvalue weighted by atomic mass is 9.91. The quantitative estimate of drug-likeness (QED) is 0.640. The van der Waals surface area contributed by atoms with Gasteiger partial charge >= 0.3 is 0 Å². The van der Waals surface area contributed by atoms with Crippen molar-refractivity contribution in [3.05, 3.63) is 46.5 Å². The van der Waals surface area contributed by atoms with Gasteiger partial charge < -0.3 is 4.90 Å². The topological polar surface area (TPSA) is 50.1 Å². The molecule has 152 valence electrons. The number of aromatic nitrogens is 4. The van der Waals surface area contributed by atoms with Gasteiger partial charge in [-0.2, -0.15) is 5.10 Å². The molecule has 0 amide bonds. The third kappa shape index (κ3) is 4.07. The summed E-state index contributed by atoms with van der Waals surface area (Å²) in [6.07, 6.45) is 8.89. The predicted molar refractivity (Wildman–Crippen MR) is 117 cm³/mol. The Morgan fingerprint density at radius 3 is 2.86 bits per heavy atom. The van der Waals surface area contributed by atoms with Crippen molar-refractivity contribution < 1.29 is 0 Å². The van der Waals surface area contributed by atoms with Gasteiger partial charge in [-0.15, -0.1) is 11.3 Å². The summed E-state index contributed by atoms with van der Waals surface area (Å²) in [5, 5.41) is 7.06. The first kappa shape index (κ1) is 18.8. The molecule has 2 aliphatic heterocycles. The number of aryl methyl sites for hydroxylation is 1. The molecule has 3 aromatic heterocycles. The van der Waals surface area contributed by atoms with Gasteiger partial charge in [-0.05, 0) is 49.7 Å². The van der Waals surface area contributed by atoms with Gasteiger partial charge in [0, 0.05) is 62.0 Å². The third-order valence-electron chi connectivity index (χ3n) is 6.02. The number of nitrogens with zero attached hydrogens (tertiary/aromatic N) is 6. The molecule has 5 rings (SSSR count). The van der Waals surface area contributed by atoms with E-state index in [1.807, 2.05) is 35.3 Å². The maximum Gasteiger partial charge on any atom is 0.225 e. The van der Waals surface area contributed by atoms with E-state index in [-0.39, 0.29) is 0 Å². The minimum absolute atomic E-state index is 0.449. The van der Waals surface area contributed by atoms with Crippen LogP contribution in [-0.4, -0.2) is 50.8 Å². The molecule has 2 aliphatic rings. The van der Waals surface area contributed by atoms with E-state index in [1.165, 1.54) is 48.4 Å². The number of rotatable bonds is 5. The fourth-order valence-corrected chi connectivity index (χ4v) is 5.36. The Labute approximate surface area is 176 Å². The molecular formula is C22H28N6S. The van der Waals surface area contributed by atoms with Gasteiger partial charge in [0.25, 0.3) is 0 Å². The van der Waals surface area contributed by atoms with Gasteiger partial charge in [-0.25, -0.2) is 9.97 Å². The summed E-state index contributed by atoms with van der Waals surface area (Å²) < 4.78 is 1.94. The molecule has 2 saturated heterocycles. The molecule has 3 aromatic rings. The number of hydrogen-bond acceptors (Lipinski definition) is 6. The number of likely N-dealkylation sites (tertiary alicyclic amines) is 1. The van der Waals surface area contributed by atoms with E-state index in [1.54, 1.807) is 0 Å². The van der Waals surface area contributed by atoms with Gasteiger partial charge in [-0.1, -0.05) is 6.07 Å². The maximum atomic E-state index is 4.92. The first-order valence-corrected chi connectivity index (χ1v) is 11.5. The Morgan fingerprint density at radius 1 is 1.14 bits per heavy atom. The van der Waals surface area contributed by atoms with Crippen molar-refractivity contribution in [2.24, 2.45) is 7.05 Å². The zero-order valence-corrected chi connectivity index (χ0v) is 17.8. The van der Waals surface area contributed by atoms with Crippen molar-refractivity contribution in [3.63, 3.8) is 0 Å². The normalized spacial score (nSPS) is 20.4. The summed E-state index contributed by atoms with van der Waals surface area (Å²) in [7, 11) is 2.02. The van der Waals surface area contributed by atoms with Gasteiger partial charge in [-0.3, -0.25) is 9.58 Å². The van der Waals surface area contributed by atoms with Crippen LogP contribution in [0, 0.1) is 0 Å². The van der Waals surface area contributed by atoms with Crippen LogP contribution in [0.4, 0.5) is 5.95 Å². The largest absolute Gasteiger partial charge is 0.341 e. The Morgan fingerprint density at radius 2 is 2.03 bits per heavy atom. The van der Waals surface area contributed by atoms with Crippen molar-refractivity contribution in [1.29, 1.82) is 0 Å². The van der Waals surface area contributed by atoms with Crippen molar-refractivity contribution >= 4 is 17.3 Å². The van der Waals surface area contributed by atoms with Crippen LogP contribution in [0.3, 0.4) is 0 Å². The van der Waals surface area contributed by atoms with Crippen molar-refractivity contribution in [2.45, 2.75) is 38.1 Å². The van der Waals surface area contributed by atoms with Gasteiger partial charge in [0.1, 0.15) is 0 Å². The molecule has 5 heterocycles. The molecule has 0 spiro atoms. The Kier molecular flexibility index (Phi) is 5.33. The van der Waals surface area contributed by atoms with Crippen LogP contribution in [0.2, 0.25) is 0 Å². The molecule has 0 radical (unpaired) electrons. The zero-order valence-electron chi connectivity index (χ0n) is 17.0. The van der Waals surface area contributed by atoms with Crippen molar-refractivity contribution in [3.8, 4) is 11.3 Å². The monoisotopic (exact) mass is 408 g/mol. The second-order valence-corrected chi connectivity index (χ2v) is 9.22. The molecule has 0 bridgehead atoms. The Bertz CT molecular complexity index is 944. The molecule has 6 nitrogen and oxygen atoms in total. The number of hydrogen-bond donors (Lipinski definition) is 0. The Hall–Kier alpha value is -2.25. The fourth-order valence-electron chi connectivity index (χ4n) is 4.62. The van der Waals surface area contributed by atoms with Gasteiger partial charge in [0.05, 0.1) is 11.4 Å². The van der Waals surface area contributed by atoms with Crippen molar-refractivity contribution in [1.82, 2.24) is 24.6 Å². The van der Waals surface area contributed by atoms with E-state index in [0.717, 1.165) is 37.8 Å². The summed E-state index contributed by atoms with van der Waals surface area (Å²) in [6.45, 7) is 5.39. The lowest BCUT2D eigenvalue weighted by Gasteiger charge is -2.32. The van der Waals surface area contributed by atoms with Gasteiger partial charge in [0.15, 0.2) is 0 Å². The lowest BCUT2D eigenvalue weighted by molar-refractivity contribution is 0.200. The van der Waals surface area contributed by atoms with E-state index >= 15 is 0 Å². The van der Waals surface area contributed by atoms with Crippen LogP contribution in [0.25, 0.3) is 11.3 Å². The van der Waals surface area contributed by atoms with Crippen LogP contribution in [0.15, 0.2) is 36.0 Å². The zero-order chi connectivity index (χ0) is 19.6. The van der Waals surface area contributed by atoms with Crippen LogP contribution in [0.1, 0.15) is 42.2 Å². The first-order valence-electron chi connectivity index (χ1n) is 10.6. The van der Waals surface area contributed by atoms with E-state index in [2.05, 4.69) is 38.5 Å². The highest BCUT2D eigenvalue weighted by Crippen LogP contribution is 2.34. The molecule has 1 atom stereocenters. The smallest absolute Gasteiger partial charge is 0.225 e. The van der Waals surface area contributed by atoms with E-state index < -0.39 is 0 Å². The Balaban J connectivity index is 1.40. The average Bonchev–Trinajstić information content (AvgIpc) is 3.50. The number of thiophene rings is 1. The highest BCUT2D eigenvalue weighted by atomic mass is 32.1. The fraction of sp³-hybridized carbons (Fsp3) is 0.500. The summed E-state index contributed by atoms with van der Waals surface area (Å²) in [6, 6.07) is 6.42. The van der Waals surface area contributed by atoms with Gasteiger partial charge in [0.2, 0.25) is 5.95 Å². The molecular weight excluding hydrogens is 380 g/mol. The maximum absolute atomic E-state index is 4.92. The lowest BCUT2D eigenvalue weighted by Crippen LogP contribution is -2.34. The third-order valence-corrected chi connectivity index (χ3v) is 6.88. The van der Waals surface area contributed by atoms with Crippen LogP contribution in [-0.2, 0) is 13.6 Å². The standard InChI is InChI=1S/C22H28N6S/c1-26-16-19(20-8-9-23-22(24-20)28-11-2-3-12-28)21(25-26)17-6-4-10-27(14-17)15-18-7-5-13-29-18/h5,7-9,13,16-17H,2-4,6,10-12,14-15H2,1H3/t17-/m0/s1. The highest BCUT2D eigenvalue weighted by molar-refractivity contribution is 7.09. The minimum atomic E-state index is 0.449. The van der Waals surface area contributed by atoms with E-state index in [0.29, 0.717) is 5.92 Å². The molecule has 29 heavy (non-hydrogen) atoms. The molecule has 0 unspecified atom stereocenters. The van der Waals surface area contributed by atoms with E-state index in [9.17, 15) is 0 Å². The molecule has 0 aromatic carbocycles. The molecule has 0 saturated carbocycles. The molecule has 0 aliphatic carbocycles. The number of piperidine rings is 1. The molecule has 0 N–H and O–H groups in total. The van der Waals surface area contributed by atoms with Crippen molar-refractivity contribution in [2.75, 3.05) is 31.1 Å². The second kappa shape index (κ2) is 8.24. The van der Waals surface area contributed by atoms with E-state index in [4.69, 9.17) is 10.1 Å². The summed E-state index contributed by atoms with van der Waals surface area (Å²) in [5.74, 6) is 1.31. The van der Waals surface area contributed by atoms with Crippen LogP contribution in [0.5, 0.6) is 0 Å². The second-order valence-electron chi connectivity index (χ2n) is 8.19. The predicted octanol–water partition coefficient (Wildman–Crippen LogP) is 3.92. The molecule has 2 fully saturated rings. The first-order chi connectivity index (χ1) is 14.3. The number of anilines is 1. The minimum Gasteiger partial charge on any atom is -0.341 e. The molecule has 7 heteroatoms. The average molecular weight is 409 g/mol.